The maximum absolute atomic E-state index is 13.3. The highest BCUT2D eigenvalue weighted by Crippen LogP contribution is 2.20. The summed E-state index contributed by atoms with van der Waals surface area (Å²) in [4.78, 5) is 9.93. The van der Waals surface area contributed by atoms with Crippen molar-refractivity contribution in [2.45, 2.75) is 13.5 Å². The van der Waals surface area contributed by atoms with E-state index >= 15 is 0 Å². The number of ether oxygens (including phenoxy) is 1. The Kier molecular flexibility index (Phi) is 3.93. The van der Waals surface area contributed by atoms with Crippen molar-refractivity contribution in [2.75, 3.05) is 0 Å². The summed E-state index contributed by atoms with van der Waals surface area (Å²) in [5.74, 6) is -0.847. The highest BCUT2D eigenvalue weighted by Gasteiger charge is 2.10. The molecule has 0 N–H and O–H groups in total. The molecule has 0 aromatic heterocycles. The van der Waals surface area contributed by atoms with Crippen molar-refractivity contribution in [3.63, 3.8) is 0 Å². The lowest BCUT2D eigenvalue weighted by atomic mass is 10.2. The number of non-ortho nitro benzene ring substituents is 1. The second-order valence-corrected chi connectivity index (χ2v) is 4.27. The third kappa shape index (κ3) is 3.28. The molecule has 0 unspecified atom stereocenters. The zero-order chi connectivity index (χ0) is 14.7. The van der Waals surface area contributed by atoms with Crippen LogP contribution in [-0.2, 0) is 6.61 Å². The molecular formula is C14H11F2NO3. The zero-order valence-electron chi connectivity index (χ0n) is 10.6. The number of rotatable bonds is 4. The van der Waals surface area contributed by atoms with Crippen LogP contribution in [-0.4, -0.2) is 4.92 Å². The number of hydrogen-bond donors (Lipinski definition) is 0. The molecule has 20 heavy (non-hydrogen) atoms. The highest BCUT2D eigenvalue weighted by molar-refractivity contribution is 5.35. The molecule has 6 heteroatoms. The molecule has 0 saturated carbocycles. The van der Waals surface area contributed by atoms with E-state index in [0.29, 0.717) is 11.1 Å². The van der Waals surface area contributed by atoms with Crippen LogP contribution >= 0.6 is 0 Å². The van der Waals surface area contributed by atoms with Gasteiger partial charge in [0, 0.05) is 12.1 Å². The van der Waals surface area contributed by atoms with Crippen molar-refractivity contribution >= 4 is 5.69 Å². The van der Waals surface area contributed by atoms with Crippen molar-refractivity contribution in [3.05, 3.63) is 69.3 Å². The molecule has 4 nitrogen and oxygen atoms in total. The van der Waals surface area contributed by atoms with Gasteiger partial charge in [-0.2, -0.15) is 0 Å². The topological polar surface area (TPSA) is 52.4 Å². The SMILES string of the molecule is Cc1ccc(OCc2cc(F)cc([N+](=O)[O-])c2)cc1F. The molecule has 0 amide bonds. The molecule has 0 spiro atoms. The summed E-state index contributed by atoms with van der Waals surface area (Å²) in [6.45, 7) is 1.54. The van der Waals surface area contributed by atoms with Crippen LogP contribution in [0.15, 0.2) is 36.4 Å². The fourth-order valence-electron chi connectivity index (χ4n) is 1.65. The predicted octanol–water partition coefficient (Wildman–Crippen LogP) is 3.76. The summed E-state index contributed by atoms with van der Waals surface area (Å²) in [6, 6.07) is 7.52. The minimum Gasteiger partial charge on any atom is -0.489 e. The molecule has 0 heterocycles. The molecule has 0 aliphatic carbocycles. The standard InChI is InChI=1S/C14H11F2NO3/c1-9-2-3-13(7-14(9)16)20-8-10-4-11(15)6-12(5-10)17(18)19/h2-7H,8H2,1H3. The van der Waals surface area contributed by atoms with Gasteiger partial charge in [-0.05, 0) is 30.2 Å². The van der Waals surface area contributed by atoms with Crippen LogP contribution in [0.3, 0.4) is 0 Å². The van der Waals surface area contributed by atoms with Crippen LogP contribution < -0.4 is 4.74 Å². The Morgan fingerprint density at radius 2 is 1.95 bits per heavy atom. The third-order valence-electron chi connectivity index (χ3n) is 2.70. The molecule has 104 valence electrons. The lowest BCUT2D eigenvalue weighted by molar-refractivity contribution is -0.385. The quantitative estimate of drug-likeness (QED) is 0.632. The first-order valence-corrected chi connectivity index (χ1v) is 5.78. The first kappa shape index (κ1) is 13.9. The van der Waals surface area contributed by atoms with Gasteiger partial charge in [-0.1, -0.05) is 6.07 Å². The first-order chi connectivity index (χ1) is 9.45. The van der Waals surface area contributed by atoms with E-state index in [0.717, 1.165) is 12.1 Å². The lowest BCUT2D eigenvalue weighted by Gasteiger charge is -2.07. The van der Waals surface area contributed by atoms with Crippen molar-refractivity contribution in [1.82, 2.24) is 0 Å². The zero-order valence-corrected chi connectivity index (χ0v) is 10.6. The summed E-state index contributed by atoms with van der Waals surface area (Å²) >= 11 is 0. The van der Waals surface area contributed by atoms with Crippen molar-refractivity contribution in [3.8, 4) is 5.75 Å². The summed E-state index contributed by atoms with van der Waals surface area (Å²) in [5, 5.41) is 10.6. The van der Waals surface area contributed by atoms with E-state index in [9.17, 15) is 18.9 Å². The number of hydrogen-bond acceptors (Lipinski definition) is 3. The van der Waals surface area contributed by atoms with E-state index in [-0.39, 0.29) is 18.0 Å². The summed E-state index contributed by atoms with van der Waals surface area (Å²) < 4.78 is 31.8. The third-order valence-corrected chi connectivity index (χ3v) is 2.70. The minimum absolute atomic E-state index is 0.0822. The van der Waals surface area contributed by atoms with Crippen LogP contribution in [0.2, 0.25) is 0 Å². The smallest absolute Gasteiger partial charge is 0.272 e. The van der Waals surface area contributed by atoms with Crippen LogP contribution in [0, 0.1) is 28.7 Å². The average molecular weight is 279 g/mol. The second-order valence-electron chi connectivity index (χ2n) is 4.27. The van der Waals surface area contributed by atoms with E-state index in [1.807, 2.05) is 0 Å². The summed E-state index contributed by atoms with van der Waals surface area (Å²) in [7, 11) is 0. The summed E-state index contributed by atoms with van der Waals surface area (Å²) in [5.41, 5.74) is 0.440. The normalized spacial score (nSPS) is 10.3. The maximum atomic E-state index is 13.3. The number of aryl methyl sites for hydroxylation is 1. The van der Waals surface area contributed by atoms with Crippen molar-refractivity contribution in [2.24, 2.45) is 0 Å². The van der Waals surface area contributed by atoms with Gasteiger partial charge < -0.3 is 4.74 Å². The molecule has 0 atom stereocenters. The van der Waals surface area contributed by atoms with E-state index in [1.54, 1.807) is 19.1 Å². The average Bonchev–Trinajstić information content (AvgIpc) is 2.39. The van der Waals surface area contributed by atoms with Gasteiger partial charge in [0.15, 0.2) is 0 Å². The molecule has 0 radical (unpaired) electrons. The highest BCUT2D eigenvalue weighted by atomic mass is 19.1. The Bertz CT molecular complexity index is 659. The number of nitro groups is 1. The molecule has 0 aliphatic rings. The van der Waals surface area contributed by atoms with E-state index in [4.69, 9.17) is 4.74 Å². The van der Waals surface area contributed by atoms with Crippen LogP contribution in [0.25, 0.3) is 0 Å². The fraction of sp³-hybridized carbons (Fsp3) is 0.143. The molecule has 2 aromatic rings. The fourth-order valence-corrected chi connectivity index (χ4v) is 1.65. The Balaban J connectivity index is 2.14. The van der Waals surface area contributed by atoms with Gasteiger partial charge in [-0.25, -0.2) is 8.78 Å². The Morgan fingerprint density at radius 1 is 1.20 bits per heavy atom. The van der Waals surface area contributed by atoms with Gasteiger partial charge in [-0.15, -0.1) is 0 Å². The summed E-state index contributed by atoms with van der Waals surface area (Å²) in [6.07, 6.45) is 0. The predicted molar refractivity (Wildman–Crippen MR) is 68.5 cm³/mol. The molecule has 2 aromatic carbocycles. The number of benzene rings is 2. The number of nitro benzene ring substituents is 1. The minimum atomic E-state index is -0.715. The largest absolute Gasteiger partial charge is 0.489 e. The molecule has 0 fully saturated rings. The molecule has 2 rings (SSSR count). The Labute approximate surface area is 113 Å². The van der Waals surface area contributed by atoms with Gasteiger partial charge in [0.1, 0.15) is 24.0 Å². The van der Waals surface area contributed by atoms with Crippen LogP contribution in [0.4, 0.5) is 14.5 Å². The van der Waals surface area contributed by atoms with E-state index in [2.05, 4.69) is 0 Å². The van der Waals surface area contributed by atoms with Crippen molar-refractivity contribution in [1.29, 1.82) is 0 Å². The molecule has 0 bridgehead atoms. The second kappa shape index (κ2) is 5.64. The first-order valence-electron chi connectivity index (χ1n) is 5.78. The number of halogens is 2. The molecule has 0 saturated heterocycles. The Morgan fingerprint density at radius 3 is 2.60 bits per heavy atom. The monoisotopic (exact) mass is 279 g/mol. The molecule has 0 aliphatic heterocycles. The molecular weight excluding hydrogens is 268 g/mol. The van der Waals surface area contributed by atoms with Gasteiger partial charge >= 0.3 is 0 Å². The maximum Gasteiger partial charge on any atom is 0.272 e. The number of nitrogens with zero attached hydrogens (tertiary/aromatic N) is 1. The van der Waals surface area contributed by atoms with Gasteiger partial charge in [0.2, 0.25) is 0 Å². The lowest BCUT2D eigenvalue weighted by Crippen LogP contribution is -1.99. The Hall–Kier alpha value is -2.50. The van der Waals surface area contributed by atoms with Crippen LogP contribution in [0.5, 0.6) is 5.75 Å². The van der Waals surface area contributed by atoms with Gasteiger partial charge in [-0.3, -0.25) is 10.1 Å². The van der Waals surface area contributed by atoms with E-state index in [1.165, 1.54) is 12.1 Å². The van der Waals surface area contributed by atoms with Crippen molar-refractivity contribution < 1.29 is 18.4 Å². The van der Waals surface area contributed by atoms with E-state index < -0.39 is 16.6 Å². The van der Waals surface area contributed by atoms with Crippen LogP contribution in [0.1, 0.15) is 11.1 Å². The van der Waals surface area contributed by atoms with Gasteiger partial charge in [0.05, 0.1) is 11.0 Å². The van der Waals surface area contributed by atoms with Gasteiger partial charge in [0.25, 0.3) is 5.69 Å².